The maximum atomic E-state index is 8.73. The Morgan fingerprint density at radius 3 is 2.44 bits per heavy atom. The molecule has 1 heterocycles. The van der Waals surface area contributed by atoms with Crippen molar-refractivity contribution in [2.45, 2.75) is 0 Å². The Morgan fingerprint density at radius 1 is 1.44 bits per heavy atom. The van der Waals surface area contributed by atoms with Crippen LogP contribution in [0.1, 0.15) is 0 Å². The minimum Gasteiger partial charge on any atom is -0.428 e. The van der Waals surface area contributed by atoms with Crippen molar-refractivity contribution in [3.8, 4) is 0 Å². The maximum Gasteiger partial charge on any atom is 0.142 e. The largest absolute Gasteiger partial charge is 0.428 e. The Hall–Kier alpha value is -0.336. The van der Waals surface area contributed by atoms with E-state index in [0.717, 1.165) is 4.73 Å². The van der Waals surface area contributed by atoms with Gasteiger partial charge >= 0.3 is 0 Å². The van der Waals surface area contributed by atoms with Crippen molar-refractivity contribution in [3.05, 3.63) is 29.0 Å². The van der Waals surface area contributed by atoms with Crippen LogP contribution in [0.4, 0.5) is 0 Å². The molecular weight excluding hydrogens is 181 g/mol. The summed E-state index contributed by atoms with van der Waals surface area (Å²) in [5.74, 6) is 0. The van der Waals surface area contributed by atoms with E-state index in [9.17, 15) is 0 Å². The number of rotatable bonds is 0. The Balaban J connectivity index is 0.000000640. The summed E-state index contributed by atoms with van der Waals surface area (Å²) >= 11 is 4.67. The van der Waals surface area contributed by atoms with Gasteiger partial charge in [0.05, 0.1) is 0 Å². The molecule has 0 saturated carbocycles. The third-order valence-corrected chi connectivity index (χ3v) is 1.13. The van der Waals surface area contributed by atoms with Crippen LogP contribution < -0.4 is 0 Å². The molecule has 1 N–H and O–H groups in total. The molecule has 2 nitrogen and oxygen atoms in total. The van der Waals surface area contributed by atoms with Gasteiger partial charge in [0.15, 0.2) is 0 Å². The van der Waals surface area contributed by atoms with E-state index in [0.29, 0.717) is 4.64 Å². The summed E-state index contributed by atoms with van der Waals surface area (Å²) in [6.45, 7) is 0. The van der Waals surface area contributed by atoms with Crippen LogP contribution in [0.5, 0.6) is 0 Å². The monoisotopic (exact) mass is 185 g/mol. The van der Waals surface area contributed by atoms with Crippen molar-refractivity contribution in [3.63, 3.8) is 0 Å². The predicted molar refractivity (Wildman–Crippen MR) is 32.5 cm³/mol. The average Bonchev–Trinajstić information content (AvgIpc) is 1.77. The fourth-order valence-corrected chi connectivity index (χ4v) is 0.558. The predicted octanol–water partition coefficient (Wildman–Crippen LogP) is 1.45. The van der Waals surface area contributed by atoms with Gasteiger partial charge in [0.2, 0.25) is 0 Å². The smallest absolute Gasteiger partial charge is 0.142 e. The van der Waals surface area contributed by atoms with Gasteiger partial charge in [0.25, 0.3) is 0 Å². The van der Waals surface area contributed by atoms with Crippen molar-refractivity contribution < 1.29 is 21.7 Å². The van der Waals surface area contributed by atoms with Crippen molar-refractivity contribution in [1.82, 2.24) is 4.73 Å². The second-order valence-electron chi connectivity index (χ2n) is 1.38. The zero-order valence-corrected chi connectivity index (χ0v) is 6.23. The van der Waals surface area contributed by atoms with E-state index < -0.39 is 0 Å². The first-order valence-electron chi connectivity index (χ1n) is 2.17. The molecule has 9 heavy (non-hydrogen) atoms. The second-order valence-corrected chi connectivity index (χ2v) is 1.80. The van der Waals surface area contributed by atoms with Crippen molar-refractivity contribution in [1.29, 1.82) is 0 Å². The van der Waals surface area contributed by atoms with Crippen LogP contribution in [0.2, 0.25) is 0 Å². The fraction of sp³-hybridized carbons (Fsp3) is 0. The third kappa shape index (κ3) is 2.16. The fourth-order valence-electron chi connectivity index (χ4n) is 0.419. The van der Waals surface area contributed by atoms with Crippen LogP contribution in [0.15, 0.2) is 24.4 Å². The van der Waals surface area contributed by atoms with Gasteiger partial charge in [-0.3, -0.25) is 0 Å². The van der Waals surface area contributed by atoms with E-state index in [1.807, 2.05) is 0 Å². The van der Waals surface area contributed by atoms with Crippen LogP contribution in [0.25, 0.3) is 0 Å². The normalized spacial score (nSPS) is 8.00. The molecule has 52 valence electrons. The van der Waals surface area contributed by atoms with Crippen molar-refractivity contribution in [2.24, 2.45) is 0 Å². The summed E-state index contributed by atoms with van der Waals surface area (Å²) in [4.78, 5) is 0. The number of pyridine rings is 1. The van der Waals surface area contributed by atoms with Gasteiger partial charge in [0, 0.05) is 22.7 Å². The third-order valence-electron chi connectivity index (χ3n) is 0.803. The molecule has 4 heteroatoms. The molecule has 1 aromatic rings. The van der Waals surface area contributed by atoms with Crippen LogP contribution in [-0.4, -0.2) is 9.94 Å². The van der Waals surface area contributed by atoms with E-state index in [1.165, 1.54) is 6.20 Å². The van der Waals surface area contributed by atoms with E-state index in [-0.39, 0.29) is 16.5 Å². The molecule has 0 radical (unpaired) electrons. The molecule has 0 spiro atoms. The molecule has 1 aromatic heterocycles. The summed E-state index contributed by atoms with van der Waals surface area (Å²) in [5.41, 5.74) is 0. The van der Waals surface area contributed by atoms with E-state index in [1.54, 1.807) is 18.2 Å². The van der Waals surface area contributed by atoms with E-state index in [4.69, 9.17) is 5.21 Å². The quantitative estimate of drug-likeness (QED) is 0.376. The molecule has 0 atom stereocenters. The first-order valence-corrected chi connectivity index (χ1v) is 2.58. The Kier molecular flexibility index (Phi) is 3.51. The first-order chi connectivity index (χ1) is 3.80. The molecule has 0 aromatic carbocycles. The Labute approximate surface area is 68.0 Å². The standard InChI is InChI=1S/C5H5NOS.Ni/c7-6-4-2-1-3-5(6)8;/h1-4,7H;. The molecule has 0 amide bonds. The van der Waals surface area contributed by atoms with Gasteiger partial charge in [-0.25, -0.2) is 0 Å². The minimum atomic E-state index is 0. The Morgan fingerprint density at radius 2 is 2.11 bits per heavy atom. The van der Waals surface area contributed by atoms with Crippen LogP contribution >= 0.6 is 12.2 Å². The van der Waals surface area contributed by atoms with Gasteiger partial charge < -0.3 is 5.21 Å². The molecule has 0 fully saturated rings. The summed E-state index contributed by atoms with van der Waals surface area (Å²) in [6.07, 6.45) is 1.49. The molecule has 0 unspecified atom stereocenters. The Bertz CT molecular complexity index is 234. The molecule has 1 rings (SSSR count). The molecule has 0 aliphatic rings. The van der Waals surface area contributed by atoms with Crippen LogP contribution in [0.3, 0.4) is 0 Å². The zero-order chi connectivity index (χ0) is 5.98. The van der Waals surface area contributed by atoms with Gasteiger partial charge in [-0.2, -0.15) is 4.73 Å². The number of hydrogen-bond acceptors (Lipinski definition) is 2. The van der Waals surface area contributed by atoms with E-state index in [2.05, 4.69) is 12.2 Å². The number of nitrogens with zero attached hydrogens (tertiary/aromatic N) is 1. The number of hydrogen-bond donors (Lipinski definition) is 1. The van der Waals surface area contributed by atoms with Gasteiger partial charge in [-0.1, -0.05) is 18.3 Å². The first kappa shape index (κ1) is 8.66. The summed E-state index contributed by atoms with van der Waals surface area (Å²) in [7, 11) is 0. The minimum absolute atomic E-state index is 0. The van der Waals surface area contributed by atoms with Gasteiger partial charge in [-0.15, -0.1) is 0 Å². The van der Waals surface area contributed by atoms with E-state index >= 15 is 0 Å². The summed E-state index contributed by atoms with van der Waals surface area (Å²) < 4.78 is 1.32. The second kappa shape index (κ2) is 3.64. The molecular formula is C5H5NNiOS. The zero-order valence-electron chi connectivity index (χ0n) is 4.43. The molecule has 0 bridgehead atoms. The van der Waals surface area contributed by atoms with Crippen LogP contribution in [0, 0.1) is 4.64 Å². The summed E-state index contributed by atoms with van der Waals surface area (Å²) in [6, 6.07) is 5.13. The average molecular weight is 186 g/mol. The maximum absolute atomic E-state index is 8.73. The SMILES string of the molecule is On1ccccc1=S.[Ni]. The number of aromatic nitrogens is 1. The van der Waals surface area contributed by atoms with Crippen LogP contribution in [-0.2, 0) is 16.5 Å². The van der Waals surface area contributed by atoms with Crippen molar-refractivity contribution in [2.75, 3.05) is 0 Å². The topological polar surface area (TPSA) is 25.2 Å². The van der Waals surface area contributed by atoms with Gasteiger partial charge in [-0.05, 0) is 12.1 Å². The van der Waals surface area contributed by atoms with Crippen molar-refractivity contribution >= 4 is 12.2 Å². The summed E-state index contributed by atoms with van der Waals surface area (Å²) in [5, 5.41) is 8.73. The van der Waals surface area contributed by atoms with Gasteiger partial charge in [0.1, 0.15) is 4.64 Å². The molecule has 0 aliphatic heterocycles. The molecule has 0 saturated heterocycles. The molecule has 0 aliphatic carbocycles.